The molecule has 0 saturated heterocycles. The predicted octanol–water partition coefficient (Wildman–Crippen LogP) is 3.38. The number of H-pyrrole nitrogens is 1. The van der Waals surface area contributed by atoms with Crippen LogP contribution in [0, 0.1) is 0 Å². The van der Waals surface area contributed by atoms with Gasteiger partial charge in [0.15, 0.2) is 0 Å². The van der Waals surface area contributed by atoms with E-state index in [0.29, 0.717) is 6.01 Å². The van der Waals surface area contributed by atoms with Crippen molar-refractivity contribution in [2.75, 3.05) is 7.11 Å². The van der Waals surface area contributed by atoms with Crippen molar-refractivity contribution in [3.8, 4) is 17.3 Å². The van der Waals surface area contributed by atoms with Crippen molar-refractivity contribution in [2.24, 2.45) is 0 Å². The molecule has 0 fully saturated rings. The molecule has 17 heavy (non-hydrogen) atoms. The van der Waals surface area contributed by atoms with Crippen molar-refractivity contribution >= 4 is 0 Å². The van der Waals surface area contributed by atoms with E-state index in [1.165, 1.54) is 5.56 Å². The fraction of sp³-hybridized carbons (Fsp3) is 0.357. The summed E-state index contributed by atoms with van der Waals surface area (Å²) in [6.07, 6.45) is 1.78. The van der Waals surface area contributed by atoms with Crippen LogP contribution in [0.5, 0.6) is 6.01 Å². The predicted molar refractivity (Wildman–Crippen MR) is 69.3 cm³/mol. The van der Waals surface area contributed by atoms with Gasteiger partial charge in [-0.1, -0.05) is 45.0 Å². The number of hydrogen-bond acceptors (Lipinski definition) is 2. The lowest BCUT2D eigenvalue weighted by Gasteiger charge is -2.18. The van der Waals surface area contributed by atoms with Crippen molar-refractivity contribution in [1.29, 1.82) is 0 Å². The third kappa shape index (κ3) is 2.49. The maximum absolute atomic E-state index is 5.03. The second kappa shape index (κ2) is 4.24. The zero-order valence-corrected chi connectivity index (χ0v) is 10.7. The number of nitrogens with zero attached hydrogens (tertiary/aromatic N) is 1. The van der Waals surface area contributed by atoms with Crippen LogP contribution < -0.4 is 4.74 Å². The van der Waals surface area contributed by atoms with Gasteiger partial charge in [-0.05, 0) is 16.5 Å². The van der Waals surface area contributed by atoms with E-state index in [0.717, 1.165) is 11.3 Å². The summed E-state index contributed by atoms with van der Waals surface area (Å²) in [6, 6.07) is 9.06. The maximum atomic E-state index is 5.03. The molecule has 0 saturated carbocycles. The minimum atomic E-state index is 0.185. The molecule has 2 aromatic rings. The van der Waals surface area contributed by atoms with Gasteiger partial charge >= 0.3 is 0 Å². The van der Waals surface area contributed by atoms with E-state index in [4.69, 9.17) is 4.74 Å². The van der Waals surface area contributed by atoms with Gasteiger partial charge in [-0.15, -0.1) is 0 Å². The molecule has 3 nitrogen and oxygen atoms in total. The van der Waals surface area contributed by atoms with E-state index in [1.807, 2.05) is 0 Å². The Kier molecular flexibility index (Phi) is 2.92. The van der Waals surface area contributed by atoms with Gasteiger partial charge in [0.1, 0.15) is 0 Å². The van der Waals surface area contributed by atoms with Crippen LogP contribution in [0.25, 0.3) is 11.3 Å². The van der Waals surface area contributed by atoms with Crippen LogP contribution >= 0.6 is 0 Å². The normalized spacial score (nSPS) is 11.5. The summed E-state index contributed by atoms with van der Waals surface area (Å²) in [7, 11) is 1.60. The first-order valence-electron chi connectivity index (χ1n) is 5.70. The van der Waals surface area contributed by atoms with Crippen molar-refractivity contribution < 1.29 is 4.74 Å². The molecule has 0 atom stereocenters. The van der Waals surface area contributed by atoms with E-state index in [-0.39, 0.29) is 5.41 Å². The number of imidazole rings is 1. The molecule has 90 valence electrons. The van der Waals surface area contributed by atoms with E-state index < -0.39 is 0 Å². The first kappa shape index (κ1) is 11.7. The number of aromatic amines is 1. The molecule has 1 aromatic carbocycles. The fourth-order valence-corrected chi connectivity index (χ4v) is 1.70. The summed E-state index contributed by atoms with van der Waals surface area (Å²) < 4.78 is 5.03. The Morgan fingerprint density at radius 1 is 1.12 bits per heavy atom. The van der Waals surface area contributed by atoms with Crippen LogP contribution in [0.2, 0.25) is 0 Å². The van der Waals surface area contributed by atoms with Crippen molar-refractivity contribution in [3.05, 3.63) is 36.0 Å². The molecule has 0 unspecified atom stereocenters. The average Bonchev–Trinajstić information content (AvgIpc) is 2.76. The zero-order valence-electron chi connectivity index (χ0n) is 10.7. The molecule has 0 amide bonds. The quantitative estimate of drug-likeness (QED) is 0.858. The van der Waals surface area contributed by atoms with E-state index >= 15 is 0 Å². The fourth-order valence-electron chi connectivity index (χ4n) is 1.70. The van der Waals surface area contributed by atoms with Crippen LogP contribution in [0.1, 0.15) is 26.3 Å². The van der Waals surface area contributed by atoms with Crippen molar-refractivity contribution in [2.45, 2.75) is 26.2 Å². The lowest BCUT2D eigenvalue weighted by atomic mass is 9.86. The number of rotatable bonds is 2. The van der Waals surface area contributed by atoms with E-state index in [1.54, 1.807) is 13.3 Å². The third-order valence-electron chi connectivity index (χ3n) is 2.81. The number of methoxy groups -OCH3 is 1. The van der Waals surface area contributed by atoms with Gasteiger partial charge in [-0.3, -0.25) is 0 Å². The summed E-state index contributed by atoms with van der Waals surface area (Å²) in [6.45, 7) is 6.63. The van der Waals surface area contributed by atoms with Crippen molar-refractivity contribution in [1.82, 2.24) is 9.97 Å². The molecule has 0 bridgehead atoms. The first-order chi connectivity index (χ1) is 8.00. The van der Waals surface area contributed by atoms with E-state index in [2.05, 4.69) is 55.0 Å². The SMILES string of the molecule is COc1ncc(-c2ccc(C(C)(C)C)cc2)[nH]1. The van der Waals surface area contributed by atoms with Gasteiger partial charge < -0.3 is 9.72 Å². The van der Waals surface area contributed by atoms with Gasteiger partial charge in [0.2, 0.25) is 0 Å². The van der Waals surface area contributed by atoms with Gasteiger partial charge in [0.05, 0.1) is 19.0 Å². The number of nitrogens with one attached hydrogen (secondary N) is 1. The number of aromatic nitrogens is 2. The summed E-state index contributed by atoms with van der Waals surface area (Å²) in [4.78, 5) is 7.21. The lowest BCUT2D eigenvalue weighted by Crippen LogP contribution is -2.10. The molecular formula is C14H18N2O. The Morgan fingerprint density at radius 3 is 2.24 bits per heavy atom. The highest BCUT2D eigenvalue weighted by Gasteiger charge is 2.13. The van der Waals surface area contributed by atoms with Crippen LogP contribution in [0.15, 0.2) is 30.5 Å². The minimum Gasteiger partial charge on any atom is -0.468 e. The zero-order chi connectivity index (χ0) is 12.5. The van der Waals surface area contributed by atoms with Crippen LogP contribution in [-0.2, 0) is 5.41 Å². The summed E-state index contributed by atoms with van der Waals surface area (Å²) in [5.74, 6) is 0. The number of benzene rings is 1. The minimum absolute atomic E-state index is 0.185. The summed E-state index contributed by atoms with van der Waals surface area (Å²) in [5.41, 5.74) is 3.60. The largest absolute Gasteiger partial charge is 0.468 e. The van der Waals surface area contributed by atoms with Gasteiger partial charge in [0.25, 0.3) is 6.01 Å². The highest BCUT2D eigenvalue weighted by molar-refractivity contribution is 5.59. The van der Waals surface area contributed by atoms with Crippen LogP contribution in [0.3, 0.4) is 0 Å². The molecule has 3 heteroatoms. The number of hydrogen-bond donors (Lipinski definition) is 1. The Bertz CT molecular complexity index is 492. The Balaban J connectivity index is 2.29. The van der Waals surface area contributed by atoms with Crippen molar-refractivity contribution in [3.63, 3.8) is 0 Å². The van der Waals surface area contributed by atoms with Crippen LogP contribution in [0.4, 0.5) is 0 Å². The molecule has 1 N–H and O–H groups in total. The second-order valence-corrected chi connectivity index (χ2v) is 5.13. The van der Waals surface area contributed by atoms with Gasteiger partial charge in [-0.25, -0.2) is 4.98 Å². The summed E-state index contributed by atoms with van der Waals surface area (Å²) >= 11 is 0. The van der Waals surface area contributed by atoms with Gasteiger partial charge in [-0.2, -0.15) is 0 Å². The molecular weight excluding hydrogens is 212 g/mol. The Hall–Kier alpha value is -1.77. The average molecular weight is 230 g/mol. The summed E-state index contributed by atoms with van der Waals surface area (Å²) in [5, 5.41) is 0. The third-order valence-corrected chi connectivity index (χ3v) is 2.81. The molecule has 2 rings (SSSR count). The van der Waals surface area contributed by atoms with E-state index in [9.17, 15) is 0 Å². The first-order valence-corrected chi connectivity index (χ1v) is 5.70. The van der Waals surface area contributed by atoms with Crippen LogP contribution in [-0.4, -0.2) is 17.1 Å². The lowest BCUT2D eigenvalue weighted by molar-refractivity contribution is 0.384. The molecule has 0 aliphatic heterocycles. The molecule has 0 spiro atoms. The molecule has 1 heterocycles. The Labute approximate surface area is 102 Å². The van der Waals surface area contributed by atoms with Gasteiger partial charge in [0, 0.05) is 0 Å². The smallest absolute Gasteiger partial charge is 0.293 e. The highest BCUT2D eigenvalue weighted by atomic mass is 16.5. The molecule has 1 aromatic heterocycles. The molecule has 0 radical (unpaired) electrons. The Morgan fingerprint density at radius 2 is 1.76 bits per heavy atom. The maximum Gasteiger partial charge on any atom is 0.293 e. The monoisotopic (exact) mass is 230 g/mol. The standard InChI is InChI=1S/C14H18N2O/c1-14(2,3)11-7-5-10(6-8-11)12-9-15-13(16-12)17-4/h5-9H,1-4H3,(H,15,16). The molecule has 0 aliphatic carbocycles. The number of ether oxygens (including phenoxy) is 1. The highest BCUT2D eigenvalue weighted by Crippen LogP contribution is 2.25. The molecule has 0 aliphatic rings. The topological polar surface area (TPSA) is 37.9 Å². The second-order valence-electron chi connectivity index (χ2n) is 5.13.